The monoisotopic (exact) mass is 392 g/mol. The number of nitrogens with one attached hydrogen (secondary N) is 2. The Kier molecular flexibility index (Phi) is 7.20. The van der Waals surface area contributed by atoms with Crippen LogP contribution in [0.2, 0.25) is 10.0 Å². The van der Waals surface area contributed by atoms with E-state index in [1.165, 1.54) is 6.08 Å². The maximum absolute atomic E-state index is 11.7. The Bertz CT molecular complexity index is 838. The topological polar surface area (TPSA) is 84.5 Å². The molecule has 0 aliphatic heterocycles. The summed E-state index contributed by atoms with van der Waals surface area (Å²) < 4.78 is 4.77. The molecule has 0 saturated heterocycles. The zero-order valence-electron chi connectivity index (χ0n) is 13.4. The Morgan fingerprint density at radius 3 is 2.42 bits per heavy atom. The molecule has 8 heteroatoms. The third-order valence-corrected chi connectivity index (χ3v) is 3.91. The second-order valence-corrected chi connectivity index (χ2v) is 5.74. The van der Waals surface area contributed by atoms with Crippen LogP contribution >= 0.6 is 23.2 Å². The van der Waals surface area contributed by atoms with E-state index in [0.29, 0.717) is 21.2 Å². The Morgan fingerprint density at radius 1 is 0.962 bits per heavy atom. The Labute approximate surface area is 159 Å². The lowest BCUT2D eigenvalue weighted by atomic mass is 10.2. The fourth-order valence-electron chi connectivity index (χ4n) is 1.82. The van der Waals surface area contributed by atoms with Crippen molar-refractivity contribution in [2.24, 2.45) is 0 Å². The molecule has 0 heterocycles. The van der Waals surface area contributed by atoms with Crippen LogP contribution in [0, 0.1) is 0 Å². The summed E-state index contributed by atoms with van der Waals surface area (Å²) >= 11 is 11.9. The molecule has 0 saturated carbocycles. The highest BCUT2D eigenvalue weighted by molar-refractivity contribution is 6.42. The molecule has 0 fully saturated rings. The van der Waals surface area contributed by atoms with Crippen molar-refractivity contribution in [3.63, 3.8) is 0 Å². The number of hydrogen-bond acceptors (Lipinski definition) is 4. The SMILES string of the molecule is O=C(COC(=O)/C=C/c1cccc(Cl)c1Cl)NNC(=O)c1ccccc1. The molecular formula is C18H14Cl2N2O4. The van der Waals surface area contributed by atoms with Crippen LogP contribution in [0.1, 0.15) is 15.9 Å². The summed E-state index contributed by atoms with van der Waals surface area (Å²) in [6.07, 6.45) is 2.54. The summed E-state index contributed by atoms with van der Waals surface area (Å²) in [7, 11) is 0. The molecule has 0 aromatic heterocycles. The van der Waals surface area contributed by atoms with Crippen molar-refractivity contribution >= 4 is 47.1 Å². The molecule has 0 aliphatic carbocycles. The highest BCUT2D eigenvalue weighted by Gasteiger charge is 2.08. The molecule has 0 unspecified atom stereocenters. The fourth-order valence-corrected chi connectivity index (χ4v) is 2.19. The van der Waals surface area contributed by atoms with E-state index in [-0.39, 0.29) is 0 Å². The molecule has 2 rings (SSSR count). The number of benzene rings is 2. The average Bonchev–Trinajstić information content (AvgIpc) is 2.66. The molecule has 2 aromatic rings. The van der Waals surface area contributed by atoms with Gasteiger partial charge in [-0.25, -0.2) is 4.79 Å². The predicted octanol–water partition coefficient (Wildman–Crippen LogP) is 3.01. The van der Waals surface area contributed by atoms with Crippen molar-refractivity contribution in [3.05, 3.63) is 75.8 Å². The first kappa shape index (κ1) is 19.5. The van der Waals surface area contributed by atoms with Gasteiger partial charge in [0.2, 0.25) is 0 Å². The van der Waals surface area contributed by atoms with Crippen LogP contribution in [0.4, 0.5) is 0 Å². The normalized spacial score (nSPS) is 10.4. The van der Waals surface area contributed by atoms with E-state index in [1.54, 1.807) is 48.5 Å². The first-order valence-corrected chi connectivity index (χ1v) is 8.16. The number of halogens is 2. The van der Waals surface area contributed by atoms with Gasteiger partial charge in [-0.3, -0.25) is 20.4 Å². The van der Waals surface area contributed by atoms with Crippen molar-refractivity contribution in [2.75, 3.05) is 6.61 Å². The lowest BCUT2D eigenvalue weighted by molar-refractivity contribution is -0.144. The summed E-state index contributed by atoms with van der Waals surface area (Å²) in [4.78, 5) is 35.0. The van der Waals surface area contributed by atoms with Crippen molar-refractivity contribution in [1.82, 2.24) is 10.9 Å². The van der Waals surface area contributed by atoms with Crippen LogP contribution < -0.4 is 10.9 Å². The van der Waals surface area contributed by atoms with Crippen molar-refractivity contribution in [3.8, 4) is 0 Å². The fraction of sp³-hybridized carbons (Fsp3) is 0.0556. The largest absolute Gasteiger partial charge is 0.452 e. The maximum atomic E-state index is 11.7. The van der Waals surface area contributed by atoms with Crippen molar-refractivity contribution in [2.45, 2.75) is 0 Å². The van der Waals surface area contributed by atoms with Crippen molar-refractivity contribution < 1.29 is 19.1 Å². The van der Waals surface area contributed by atoms with E-state index < -0.39 is 24.4 Å². The lowest BCUT2D eigenvalue weighted by Gasteiger charge is -2.07. The van der Waals surface area contributed by atoms with Gasteiger partial charge < -0.3 is 4.74 Å². The van der Waals surface area contributed by atoms with E-state index in [2.05, 4.69) is 10.9 Å². The van der Waals surface area contributed by atoms with Gasteiger partial charge in [0.25, 0.3) is 11.8 Å². The van der Waals surface area contributed by atoms with Crippen molar-refractivity contribution in [1.29, 1.82) is 0 Å². The van der Waals surface area contributed by atoms with Gasteiger partial charge in [-0.1, -0.05) is 53.5 Å². The van der Waals surface area contributed by atoms with Crippen LogP contribution in [0.3, 0.4) is 0 Å². The number of rotatable bonds is 5. The van der Waals surface area contributed by atoms with Gasteiger partial charge in [-0.15, -0.1) is 0 Å². The van der Waals surface area contributed by atoms with Gasteiger partial charge in [0.05, 0.1) is 10.0 Å². The van der Waals surface area contributed by atoms with Crippen LogP contribution in [-0.2, 0) is 14.3 Å². The maximum Gasteiger partial charge on any atom is 0.331 e. The van der Waals surface area contributed by atoms with E-state index >= 15 is 0 Å². The van der Waals surface area contributed by atoms with Crippen LogP contribution in [0.25, 0.3) is 6.08 Å². The summed E-state index contributed by atoms with van der Waals surface area (Å²) in [5.41, 5.74) is 5.28. The van der Waals surface area contributed by atoms with E-state index in [0.717, 1.165) is 6.08 Å². The third kappa shape index (κ3) is 5.91. The molecule has 6 nitrogen and oxygen atoms in total. The first-order valence-electron chi connectivity index (χ1n) is 7.40. The molecule has 0 radical (unpaired) electrons. The molecule has 2 amide bonds. The molecule has 26 heavy (non-hydrogen) atoms. The number of hydrogen-bond donors (Lipinski definition) is 2. The highest BCUT2D eigenvalue weighted by Crippen LogP contribution is 2.26. The summed E-state index contributed by atoms with van der Waals surface area (Å²) in [6.45, 7) is -0.554. The molecule has 0 atom stereocenters. The number of amides is 2. The summed E-state index contributed by atoms with van der Waals surface area (Å²) in [6, 6.07) is 13.3. The quantitative estimate of drug-likeness (QED) is 0.465. The molecule has 0 bridgehead atoms. The average molecular weight is 393 g/mol. The molecular weight excluding hydrogens is 379 g/mol. The number of ether oxygens (including phenoxy) is 1. The number of esters is 1. The van der Waals surface area contributed by atoms with Gasteiger partial charge in [0, 0.05) is 11.6 Å². The summed E-state index contributed by atoms with van der Waals surface area (Å²) in [5.74, 6) is -1.91. The highest BCUT2D eigenvalue weighted by atomic mass is 35.5. The minimum absolute atomic E-state index is 0.305. The van der Waals surface area contributed by atoms with E-state index in [4.69, 9.17) is 27.9 Å². The molecule has 2 N–H and O–H groups in total. The van der Waals surface area contributed by atoms with Crippen LogP contribution in [0.15, 0.2) is 54.6 Å². The smallest absolute Gasteiger partial charge is 0.331 e. The van der Waals surface area contributed by atoms with Crippen LogP contribution in [-0.4, -0.2) is 24.4 Å². The molecule has 2 aromatic carbocycles. The Hall–Kier alpha value is -2.83. The number of hydrazine groups is 1. The predicted molar refractivity (Wildman–Crippen MR) is 98.5 cm³/mol. The van der Waals surface area contributed by atoms with Crippen LogP contribution in [0.5, 0.6) is 0 Å². The molecule has 134 valence electrons. The standard InChI is InChI=1S/C18H14Cl2N2O4/c19-14-8-4-7-12(17(14)20)9-10-16(24)26-11-15(23)21-22-18(25)13-5-2-1-3-6-13/h1-10H,11H2,(H,21,23)(H,22,25)/b10-9+. The zero-order valence-corrected chi connectivity index (χ0v) is 14.9. The Balaban J connectivity index is 1.76. The Morgan fingerprint density at radius 2 is 1.69 bits per heavy atom. The van der Waals surface area contributed by atoms with Gasteiger partial charge in [0.1, 0.15) is 0 Å². The van der Waals surface area contributed by atoms with E-state index in [9.17, 15) is 14.4 Å². The van der Waals surface area contributed by atoms with E-state index in [1.807, 2.05) is 0 Å². The van der Waals surface area contributed by atoms with Gasteiger partial charge >= 0.3 is 5.97 Å². The minimum atomic E-state index is -0.745. The zero-order chi connectivity index (χ0) is 18.9. The second-order valence-electron chi connectivity index (χ2n) is 4.95. The summed E-state index contributed by atoms with van der Waals surface area (Å²) in [5, 5.41) is 0.662. The second kappa shape index (κ2) is 9.60. The van der Waals surface area contributed by atoms with Gasteiger partial charge in [0.15, 0.2) is 6.61 Å². The lowest BCUT2D eigenvalue weighted by Crippen LogP contribution is -2.43. The third-order valence-electron chi connectivity index (χ3n) is 3.08. The number of carbonyl (C=O) groups excluding carboxylic acids is 3. The first-order chi connectivity index (χ1) is 12.5. The minimum Gasteiger partial charge on any atom is -0.452 e. The molecule has 0 aliphatic rings. The molecule has 0 spiro atoms. The van der Waals surface area contributed by atoms with Gasteiger partial charge in [-0.05, 0) is 29.8 Å². The number of carbonyl (C=O) groups is 3. The van der Waals surface area contributed by atoms with Gasteiger partial charge in [-0.2, -0.15) is 0 Å².